The third kappa shape index (κ3) is 5.50. The van der Waals surface area contributed by atoms with Crippen molar-refractivity contribution < 1.29 is 23.5 Å². The van der Waals surface area contributed by atoms with Crippen molar-refractivity contribution in [1.29, 1.82) is 0 Å². The molecule has 1 heterocycles. The molecule has 0 bridgehead atoms. The van der Waals surface area contributed by atoms with E-state index in [1.807, 2.05) is 31.2 Å². The lowest BCUT2D eigenvalue weighted by Crippen LogP contribution is -2.47. The second-order valence-corrected chi connectivity index (χ2v) is 8.85. The van der Waals surface area contributed by atoms with Crippen LogP contribution in [0.1, 0.15) is 59.8 Å². The molecule has 0 unspecified atom stereocenters. The average Bonchev–Trinajstić information content (AvgIpc) is 3.43. The number of carbonyl (C=O) groups is 2. The van der Waals surface area contributed by atoms with Crippen LogP contribution in [0.2, 0.25) is 0 Å². The molecule has 4 rings (SSSR count). The first-order valence-corrected chi connectivity index (χ1v) is 12.0. The Kier molecular flexibility index (Phi) is 7.75. The van der Waals surface area contributed by atoms with E-state index in [0.717, 1.165) is 31.2 Å². The number of amides is 2. The molecule has 0 aliphatic heterocycles. The van der Waals surface area contributed by atoms with Gasteiger partial charge in [0, 0.05) is 11.7 Å². The second kappa shape index (κ2) is 11.1. The van der Waals surface area contributed by atoms with Crippen molar-refractivity contribution in [3.63, 3.8) is 0 Å². The molecule has 3 aromatic rings. The number of hydrogen-bond donors (Lipinski definition) is 1. The molecule has 1 fully saturated rings. The molecular formula is C28H32N2O5. The number of hydrogen-bond acceptors (Lipinski definition) is 5. The standard InChI is InChI=1S/C28H32N2O5/c1-19-11-14-22(15-12-19)30(28(32)24-10-7-17-35-24)26(27(31)29-21-8-5-4-6-9-21)20-13-16-23(33-2)25(18-20)34-3/h7,10-18,21,26H,4-6,8-9H2,1-3H3,(H,29,31)/t26-/m0/s1. The van der Waals surface area contributed by atoms with Crippen LogP contribution in [0, 0.1) is 6.92 Å². The zero-order valence-corrected chi connectivity index (χ0v) is 20.5. The predicted octanol–water partition coefficient (Wildman–Crippen LogP) is 5.44. The van der Waals surface area contributed by atoms with Gasteiger partial charge in [0.05, 0.1) is 20.5 Å². The van der Waals surface area contributed by atoms with Crippen LogP contribution in [0.5, 0.6) is 11.5 Å². The third-order valence-corrected chi connectivity index (χ3v) is 6.44. The summed E-state index contributed by atoms with van der Waals surface area (Å²) in [5, 5.41) is 3.21. The first-order valence-electron chi connectivity index (χ1n) is 12.0. The van der Waals surface area contributed by atoms with Gasteiger partial charge in [0.2, 0.25) is 5.91 Å². The minimum absolute atomic E-state index is 0.0810. The van der Waals surface area contributed by atoms with Gasteiger partial charge in [0.1, 0.15) is 6.04 Å². The molecule has 1 aromatic heterocycles. The fourth-order valence-electron chi connectivity index (χ4n) is 4.58. The fraction of sp³-hybridized carbons (Fsp3) is 0.357. The van der Waals surface area contributed by atoms with Crippen LogP contribution in [0.15, 0.2) is 65.3 Å². The first kappa shape index (κ1) is 24.4. The topological polar surface area (TPSA) is 81.0 Å². The average molecular weight is 477 g/mol. The molecule has 1 N–H and O–H groups in total. The summed E-state index contributed by atoms with van der Waals surface area (Å²) < 4.78 is 16.4. The molecule has 1 aliphatic carbocycles. The summed E-state index contributed by atoms with van der Waals surface area (Å²) in [5.41, 5.74) is 2.25. The lowest BCUT2D eigenvalue weighted by atomic mass is 9.94. The molecule has 1 saturated carbocycles. The Bertz CT molecular complexity index is 1130. The Balaban J connectivity index is 1.82. The van der Waals surface area contributed by atoms with Crippen molar-refractivity contribution in [2.24, 2.45) is 0 Å². The van der Waals surface area contributed by atoms with Crippen LogP contribution < -0.4 is 19.7 Å². The minimum atomic E-state index is -0.947. The highest BCUT2D eigenvalue weighted by atomic mass is 16.5. The summed E-state index contributed by atoms with van der Waals surface area (Å²) in [6, 6.07) is 15.2. The van der Waals surface area contributed by atoms with Gasteiger partial charge in [-0.25, -0.2) is 0 Å². The lowest BCUT2D eigenvalue weighted by molar-refractivity contribution is -0.123. The van der Waals surface area contributed by atoms with Crippen molar-refractivity contribution in [3.8, 4) is 11.5 Å². The smallest absolute Gasteiger partial charge is 0.294 e. The molecule has 0 saturated heterocycles. The highest BCUT2D eigenvalue weighted by molar-refractivity contribution is 6.08. The molecule has 2 aromatic carbocycles. The molecule has 1 atom stereocenters. The van der Waals surface area contributed by atoms with Crippen molar-refractivity contribution in [2.75, 3.05) is 19.1 Å². The van der Waals surface area contributed by atoms with E-state index in [1.54, 1.807) is 44.6 Å². The Morgan fingerprint density at radius 2 is 1.69 bits per heavy atom. The van der Waals surface area contributed by atoms with Crippen LogP contribution in [-0.4, -0.2) is 32.1 Å². The first-order chi connectivity index (χ1) is 17.0. The van der Waals surface area contributed by atoms with Gasteiger partial charge in [0.15, 0.2) is 17.3 Å². The van der Waals surface area contributed by atoms with Crippen molar-refractivity contribution in [1.82, 2.24) is 5.32 Å². The second-order valence-electron chi connectivity index (χ2n) is 8.85. The zero-order chi connectivity index (χ0) is 24.8. The van der Waals surface area contributed by atoms with E-state index in [-0.39, 0.29) is 17.7 Å². The van der Waals surface area contributed by atoms with Gasteiger partial charge < -0.3 is 19.2 Å². The summed E-state index contributed by atoms with van der Waals surface area (Å²) in [5.74, 6) is 0.528. The highest BCUT2D eigenvalue weighted by Crippen LogP contribution is 2.35. The van der Waals surface area contributed by atoms with Crippen molar-refractivity contribution in [3.05, 3.63) is 77.7 Å². The maximum absolute atomic E-state index is 13.9. The van der Waals surface area contributed by atoms with E-state index >= 15 is 0 Å². The van der Waals surface area contributed by atoms with Crippen LogP contribution >= 0.6 is 0 Å². The number of aryl methyl sites for hydroxylation is 1. The summed E-state index contributed by atoms with van der Waals surface area (Å²) in [7, 11) is 3.11. The Hall–Kier alpha value is -3.74. The van der Waals surface area contributed by atoms with E-state index in [0.29, 0.717) is 22.7 Å². The van der Waals surface area contributed by atoms with E-state index < -0.39 is 11.9 Å². The van der Waals surface area contributed by atoms with E-state index in [1.165, 1.54) is 17.6 Å². The molecule has 2 amide bonds. The molecule has 7 heteroatoms. The summed E-state index contributed by atoms with van der Waals surface area (Å²) in [4.78, 5) is 29.2. The molecule has 0 spiro atoms. The summed E-state index contributed by atoms with van der Waals surface area (Å²) in [6.07, 6.45) is 6.66. The number of anilines is 1. The molecule has 1 aliphatic rings. The molecule has 7 nitrogen and oxygen atoms in total. The molecule has 0 radical (unpaired) electrons. The van der Waals surface area contributed by atoms with Gasteiger partial charge >= 0.3 is 0 Å². The van der Waals surface area contributed by atoms with Gasteiger partial charge in [-0.15, -0.1) is 0 Å². The number of nitrogens with one attached hydrogen (secondary N) is 1. The normalized spacial score (nSPS) is 14.7. The van der Waals surface area contributed by atoms with E-state index in [9.17, 15) is 9.59 Å². The van der Waals surface area contributed by atoms with Crippen molar-refractivity contribution in [2.45, 2.75) is 51.1 Å². The van der Waals surface area contributed by atoms with Crippen LogP contribution in [0.3, 0.4) is 0 Å². The van der Waals surface area contributed by atoms with Gasteiger partial charge in [0.25, 0.3) is 5.91 Å². The quantitative estimate of drug-likeness (QED) is 0.468. The molecular weight excluding hydrogens is 444 g/mol. The number of rotatable bonds is 8. The van der Waals surface area contributed by atoms with E-state index in [4.69, 9.17) is 13.9 Å². The summed E-state index contributed by atoms with van der Waals surface area (Å²) in [6.45, 7) is 1.98. The largest absolute Gasteiger partial charge is 0.493 e. The third-order valence-electron chi connectivity index (χ3n) is 6.44. The number of nitrogens with zero attached hydrogens (tertiary/aromatic N) is 1. The van der Waals surface area contributed by atoms with Crippen molar-refractivity contribution >= 4 is 17.5 Å². The number of furan rings is 1. The Morgan fingerprint density at radius 1 is 0.971 bits per heavy atom. The Labute approximate surface area is 206 Å². The minimum Gasteiger partial charge on any atom is -0.493 e. The lowest BCUT2D eigenvalue weighted by Gasteiger charge is -2.33. The number of ether oxygens (including phenoxy) is 2. The van der Waals surface area contributed by atoms with Gasteiger partial charge in [-0.2, -0.15) is 0 Å². The SMILES string of the molecule is COc1ccc([C@@H](C(=O)NC2CCCCC2)N(C(=O)c2ccco2)c2ccc(C)cc2)cc1OC. The van der Waals surface area contributed by atoms with E-state index in [2.05, 4.69) is 5.32 Å². The fourth-order valence-corrected chi connectivity index (χ4v) is 4.58. The van der Waals surface area contributed by atoms with Crippen LogP contribution in [0.4, 0.5) is 5.69 Å². The molecule has 184 valence electrons. The summed E-state index contributed by atoms with van der Waals surface area (Å²) >= 11 is 0. The monoisotopic (exact) mass is 476 g/mol. The Morgan fingerprint density at radius 3 is 2.31 bits per heavy atom. The predicted molar refractivity (Wildman–Crippen MR) is 134 cm³/mol. The van der Waals surface area contributed by atoms with Gasteiger partial charge in [-0.3, -0.25) is 14.5 Å². The number of methoxy groups -OCH3 is 2. The van der Waals surface area contributed by atoms with Crippen LogP contribution in [0.25, 0.3) is 0 Å². The maximum Gasteiger partial charge on any atom is 0.294 e. The van der Waals surface area contributed by atoms with Gasteiger partial charge in [-0.1, -0.05) is 43.0 Å². The number of benzene rings is 2. The maximum atomic E-state index is 13.9. The highest BCUT2D eigenvalue weighted by Gasteiger charge is 2.36. The number of carbonyl (C=O) groups excluding carboxylic acids is 2. The van der Waals surface area contributed by atoms with Crippen LogP contribution in [-0.2, 0) is 4.79 Å². The van der Waals surface area contributed by atoms with Gasteiger partial charge in [-0.05, 0) is 61.7 Å². The zero-order valence-electron chi connectivity index (χ0n) is 20.5. The molecule has 35 heavy (non-hydrogen) atoms.